The Labute approximate surface area is 106 Å². The van der Waals surface area contributed by atoms with Crippen LogP contribution in [0.3, 0.4) is 0 Å². The Kier molecular flexibility index (Phi) is 4.51. The van der Waals surface area contributed by atoms with Gasteiger partial charge in [-0.25, -0.2) is 18.4 Å². The van der Waals surface area contributed by atoms with Gasteiger partial charge in [0.15, 0.2) is 6.10 Å². The van der Waals surface area contributed by atoms with Crippen LogP contribution in [0.1, 0.15) is 17.3 Å². The summed E-state index contributed by atoms with van der Waals surface area (Å²) in [7, 11) is 0. The Morgan fingerprint density at radius 2 is 1.95 bits per heavy atom. The smallest absolute Gasteiger partial charge is 0.341 e. The van der Waals surface area contributed by atoms with Crippen molar-refractivity contribution in [2.24, 2.45) is 5.73 Å². The molecule has 0 spiro atoms. The fraction of sp³-hybridized carbons (Fsp3) is 0.182. The third-order valence-corrected chi connectivity index (χ3v) is 2.05. The first-order valence-electron chi connectivity index (χ1n) is 5.07. The molecule has 102 valence electrons. The highest BCUT2D eigenvalue weighted by molar-refractivity contribution is 5.98. The minimum absolute atomic E-state index is 0.505. The third kappa shape index (κ3) is 4.02. The van der Waals surface area contributed by atoms with Gasteiger partial charge in [0, 0.05) is 6.07 Å². The van der Waals surface area contributed by atoms with Gasteiger partial charge in [0.1, 0.15) is 11.6 Å². The fourth-order valence-electron chi connectivity index (χ4n) is 1.16. The van der Waals surface area contributed by atoms with E-state index in [1.165, 1.54) is 0 Å². The summed E-state index contributed by atoms with van der Waals surface area (Å²) in [5.74, 6) is -4.09. The van der Waals surface area contributed by atoms with Crippen molar-refractivity contribution in [3.63, 3.8) is 0 Å². The summed E-state index contributed by atoms with van der Waals surface area (Å²) in [5.41, 5.74) is 4.17. The molecule has 6 nitrogen and oxygen atoms in total. The molecule has 3 N–H and O–H groups in total. The van der Waals surface area contributed by atoms with Crippen LogP contribution in [0.4, 0.5) is 13.6 Å². The molecule has 1 rings (SSSR count). The number of carbonyl (C=O) groups is 3. The fourth-order valence-corrected chi connectivity index (χ4v) is 1.16. The minimum atomic E-state index is -1.36. The summed E-state index contributed by atoms with van der Waals surface area (Å²) in [4.78, 5) is 33.1. The molecule has 1 aromatic rings. The summed E-state index contributed by atoms with van der Waals surface area (Å²) < 4.78 is 30.5. The van der Waals surface area contributed by atoms with Crippen molar-refractivity contribution in [3.8, 4) is 0 Å². The molecule has 0 saturated heterocycles. The van der Waals surface area contributed by atoms with E-state index in [4.69, 9.17) is 5.73 Å². The highest BCUT2D eigenvalue weighted by Crippen LogP contribution is 2.11. The highest BCUT2D eigenvalue weighted by Gasteiger charge is 2.22. The molecule has 0 heterocycles. The first-order valence-corrected chi connectivity index (χ1v) is 5.07. The van der Waals surface area contributed by atoms with Gasteiger partial charge in [-0.3, -0.25) is 10.1 Å². The maximum absolute atomic E-state index is 13.2. The van der Waals surface area contributed by atoms with E-state index in [-0.39, 0.29) is 0 Å². The number of hydrogen-bond acceptors (Lipinski definition) is 4. The van der Waals surface area contributed by atoms with Gasteiger partial charge in [0.2, 0.25) is 0 Å². The average molecular weight is 272 g/mol. The van der Waals surface area contributed by atoms with Crippen LogP contribution >= 0.6 is 0 Å². The van der Waals surface area contributed by atoms with Crippen LogP contribution in [0.5, 0.6) is 0 Å². The number of carbonyl (C=O) groups excluding carboxylic acids is 3. The summed E-state index contributed by atoms with van der Waals surface area (Å²) in [6.07, 6.45) is -1.36. The summed E-state index contributed by atoms with van der Waals surface area (Å²) in [6.45, 7) is 1.16. The summed E-state index contributed by atoms with van der Waals surface area (Å²) >= 11 is 0. The Hall–Kier alpha value is -2.51. The second kappa shape index (κ2) is 5.89. The van der Waals surface area contributed by atoms with Crippen LogP contribution in [-0.4, -0.2) is 24.0 Å². The Balaban J connectivity index is 2.74. The molecule has 0 saturated carbocycles. The third-order valence-electron chi connectivity index (χ3n) is 2.05. The molecule has 0 aromatic heterocycles. The highest BCUT2D eigenvalue weighted by atomic mass is 19.1. The Bertz CT molecular complexity index is 533. The van der Waals surface area contributed by atoms with Gasteiger partial charge in [-0.15, -0.1) is 0 Å². The van der Waals surface area contributed by atoms with E-state index in [9.17, 15) is 23.2 Å². The van der Waals surface area contributed by atoms with Gasteiger partial charge in [0.05, 0.1) is 5.56 Å². The minimum Gasteiger partial charge on any atom is -0.449 e. The lowest BCUT2D eigenvalue weighted by Gasteiger charge is -2.12. The van der Waals surface area contributed by atoms with E-state index in [0.717, 1.165) is 19.1 Å². The second-order valence-electron chi connectivity index (χ2n) is 3.53. The molecule has 3 amide bonds. The monoisotopic (exact) mass is 272 g/mol. The van der Waals surface area contributed by atoms with E-state index in [1.807, 2.05) is 0 Å². The molecule has 0 fully saturated rings. The molecule has 0 bridgehead atoms. The molecule has 0 radical (unpaired) electrons. The number of amides is 3. The van der Waals surface area contributed by atoms with Gasteiger partial charge in [0.25, 0.3) is 5.91 Å². The van der Waals surface area contributed by atoms with Crippen molar-refractivity contribution in [3.05, 3.63) is 35.4 Å². The first kappa shape index (κ1) is 14.6. The maximum Gasteiger partial charge on any atom is 0.341 e. The van der Waals surface area contributed by atoms with Crippen LogP contribution in [-0.2, 0) is 9.53 Å². The van der Waals surface area contributed by atoms with Crippen molar-refractivity contribution in [1.29, 1.82) is 0 Å². The molecule has 1 aromatic carbocycles. The normalized spacial score (nSPS) is 11.5. The topological polar surface area (TPSA) is 98.5 Å². The standard InChI is InChI=1S/C11H10F2N2O4/c1-5(9(16)15-11(14)18)19-10(17)7-3-2-6(12)4-8(7)13/h2-5H,1H3,(H3,14,15,16,18). The molecule has 1 atom stereocenters. The Morgan fingerprint density at radius 3 is 2.47 bits per heavy atom. The zero-order valence-electron chi connectivity index (χ0n) is 9.78. The Morgan fingerprint density at radius 1 is 1.32 bits per heavy atom. The van der Waals surface area contributed by atoms with Crippen molar-refractivity contribution in [2.45, 2.75) is 13.0 Å². The molecule has 8 heteroatoms. The number of halogens is 2. The van der Waals surface area contributed by atoms with Gasteiger partial charge >= 0.3 is 12.0 Å². The number of esters is 1. The number of rotatable bonds is 3. The SMILES string of the molecule is CC(OC(=O)c1ccc(F)cc1F)C(=O)NC(N)=O. The van der Waals surface area contributed by atoms with E-state index in [0.29, 0.717) is 6.07 Å². The predicted molar refractivity (Wildman–Crippen MR) is 59.0 cm³/mol. The number of urea groups is 1. The quantitative estimate of drug-likeness (QED) is 0.791. The second-order valence-corrected chi connectivity index (χ2v) is 3.53. The van der Waals surface area contributed by atoms with Crippen LogP contribution in [0.25, 0.3) is 0 Å². The maximum atomic E-state index is 13.2. The number of nitrogens with two attached hydrogens (primary N) is 1. The lowest BCUT2D eigenvalue weighted by Crippen LogP contribution is -2.42. The van der Waals surface area contributed by atoms with Crippen molar-refractivity contribution < 1.29 is 27.9 Å². The van der Waals surface area contributed by atoms with Crippen LogP contribution in [0.15, 0.2) is 18.2 Å². The van der Waals surface area contributed by atoms with Crippen molar-refractivity contribution in [2.75, 3.05) is 0 Å². The zero-order valence-corrected chi connectivity index (χ0v) is 9.78. The van der Waals surface area contributed by atoms with Crippen LogP contribution in [0.2, 0.25) is 0 Å². The van der Waals surface area contributed by atoms with Crippen molar-refractivity contribution >= 4 is 17.9 Å². The van der Waals surface area contributed by atoms with E-state index < -0.39 is 41.2 Å². The number of benzene rings is 1. The van der Waals surface area contributed by atoms with Crippen LogP contribution in [0, 0.1) is 11.6 Å². The molecule has 1 unspecified atom stereocenters. The van der Waals surface area contributed by atoms with Crippen LogP contribution < -0.4 is 11.1 Å². The van der Waals surface area contributed by atoms with E-state index in [1.54, 1.807) is 5.32 Å². The lowest BCUT2D eigenvalue weighted by atomic mass is 10.2. The largest absolute Gasteiger partial charge is 0.449 e. The van der Waals surface area contributed by atoms with Gasteiger partial charge in [-0.05, 0) is 19.1 Å². The molecule has 19 heavy (non-hydrogen) atoms. The lowest BCUT2D eigenvalue weighted by molar-refractivity contribution is -0.127. The molecule has 0 aliphatic carbocycles. The van der Waals surface area contributed by atoms with Gasteiger partial charge in [-0.1, -0.05) is 0 Å². The molecule has 0 aliphatic rings. The van der Waals surface area contributed by atoms with E-state index in [2.05, 4.69) is 4.74 Å². The first-order chi connectivity index (χ1) is 8.81. The van der Waals surface area contributed by atoms with Gasteiger partial charge < -0.3 is 10.5 Å². The van der Waals surface area contributed by atoms with Gasteiger partial charge in [-0.2, -0.15) is 0 Å². The molecular weight excluding hydrogens is 262 g/mol. The number of nitrogens with one attached hydrogen (secondary N) is 1. The molecular formula is C11H10F2N2O4. The van der Waals surface area contributed by atoms with E-state index >= 15 is 0 Å². The number of hydrogen-bond donors (Lipinski definition) is 2. The van der Waals surface area contributed by atoms with Crippen molar-refractivity contribution in [1.82, 2.24) is 5.32 Å². The summed E-state index contributed by atoms with van der Waals surface area (Å²) in [5, 5.41) is 1.69. The number of ether oxygens (including phenoxy) is 1. The summed E-state index contributed by atoms with van der Waals surface area (Å²) in [6, 6.07) is 1.14. The molecule has 0 aliphatic heterocycles. The number of primary amides is 1. The zero-order chi connectivity index (χ0) is 14.6. The number of imide groups is 1. The average Bonchev–Trinajstić information content (AvgIpc) is 2.27. The predicted octanol–water partition coefficient (Wildman–Crippen LogP) is 0.705.